The molecule has 0 radical (unpaired) electrons. The third kappa shape index (κ3) is 4.08. The summed E-state index contributed by atoms with van der Waals surface area (Å²) in [7, 11) is 0. The van der Waals surface area contributed by atoms with Crippen LogP contribution in [-0.4, -0.2) is 11.2 Å². The molecular weight excluding hydrogens is 196 g/mol. The molecule has 1 unspecified atom stereocenters. The van der Waals surface area contributed by atoms with E-state index in [1.807, 2.05) is 6.92 Å². The number of unbranched alkanes of at least 4 members (excludes halogenated alkanes) is 1. The molecule has 0 aliphatic rings. The van der Waals surface area contributed by atoms with Crippen LogP contribution in [0, 0.1) is 25.7 Å². The molecule has 0 spiro atoms. The largest absolute Gasteiger partial charge is 0.380 e. The van der Waals surface area contributed by atoms with Gasteiger partial charge < -0.3 is 5.11 Å². The van der Waals surface area contributed by atoms with Crippen LogP contribution >= 0.6 is 0 Å². The van der Waals surface area contributed by atoms with E-state index in [-0.39, 0.29) is 0 Å². The zero-order valence-corrected chi connectivity index (χ0v) is 10.4. The summed E-state index contributed by atoms with van der Waals surface area (Å²) in [5.41, 5.74) is 3.40. The molecule has 0 aliphatic carbocycles. The van der Waals surface area contributed by atoms with Gasteiger partial charge in [0.05, 0.1) is 0 Å². The molecule has 0 amide bonds. The molecular formula is C15H20O. The lowest BCUT2D eigenvalue weighted by molar-refractivity contribution is 0.218. The molecule has 1 rings (SSSR count). The molecule has 0 bridgehead atoms. The molecule has 1 aromatic rings. The van der Waals surface area contributed by atoms with Crippen molar-refractivity contribution in [1.82, 2.24) is 0 Å². The van der Waals surface area contributed by atoms with E-state index >= 15 is 0 Å². The Labute approximate surface area is 98.5 Å². The zero-order chi connectivity index (χ0) is 12.0. The fraction of sp³-hybridized carbons (Fsp3) is 0.467. The lowest BCUT2D eigenvalue weighted by Gasteiger charge is -2.02. The minimum absolute atomic E-state index is 0.486. The van der Waals surface area contributed by atoms with Crippen LogP contribution in [-0.2, 0) is 0 Å². The smallest absolute Gasteiger partial charge is 0.115 e. The quantitative estimate of drug-likeness (QED) is 0.769. The van der Waals surface area contributed by atoms with Gasteiger partial charge in [0.1, 0.15) is 6.10 Å². The summed E-state index contributed by atoms with van der Waals surface area (Å²) in [5, 5.41) is 9.63. The summed E-state index contributed by atoms with van der Waals surface area (Å²) in [6.07, 6.45) is 2.42. The van der Waals surface area contributed by atoms with Crippen LogP contribution in [0.15, 0.2) is 18.2 Å². The van der Waals surface area contributed by atoms with Crippen LogP contribution in [0.1, 0.15) is 42.9 Å². The second kappa shape index (κ2) is 6.35. The summed E-state index contributed by atoms with van der Waals surface area (Å²) in [4.78, 5) is 0. The van der Waals surface area contributed by atoms with E-state index in [0.717, 1.165) is 24.8 Å². The molecule has 1 aromatic carbocycles. The highest BCUT2D eigenvalue weighted by Gasteiger charge is 1.98. The molecule has 0 aliphatic heterocycles. The predicted octanol–water partition coefficient (Wildman–Crippen LogP) is 3.21. The Bertz CT molecular complexity index is 396. The Kier molecular flexibility index (Phi) is 5.08. The summed E-state index contributed by atoms with van der Waals surface area (Å²) < 4.78 is 0. The van der Waals surface area contributed by atoms with Crippen LogP contribution in [0.2, 0.25) is 0 Å². The first-order valence-corrected chi connectivity index (χ1v) is 5.90. The van der Waals surface area contributed by atoms with Gasteiger partial charge in [-0.3, -0.25) is 0 Å². The van der Waals surface area contributed by atoms with Gasteiger partial charge >= 0.3 is 0 Å². The van der Waals surface area contributed by atoms with Gasteiger partial charge in [0.25, 0.3) is 0 Å². The Morgan fingerprint density at radius 1 is 1.31 bits per heavy atom. The van der Waals surface area contributed by atoms with Crippen molar-refractivity contribution in [1.29, 1.82) is 0 Å². The predicted molar refractivity (Wildman–Crippen MR) is 68.3 cm³/mol. The SMILES string of the molecule is CCCCC(O)C#Cc1cc(C)ccc1C. The Morgan fingerprint density at radius 2 is 2.06 bits per heavy atom. The minimum Gasteiger partial charge on any atom is -0.380 e. The highest BCUT2D eigenvalue weighted by atomic mass is 16.3. The summed E-state index contributed by atoms with van der Waals surface area (Å²) >= 11 is 0. The van der Waals surface area contributed by atoms with Gasteiger partial charge in [-0.1, -0.05) is 43.7 Å². The highest BCUT2D eigenvalue weighted by molar-refractivity contribution is 5.43. The van der Waals surface area contributed by atoms with Crippen molar-refractivity contribution in [3.8, 4) is 11.8 Å². The minimum atomic E-state index is -0.486. The maximum Gasteiger partial charge on any atom is 0.115 e. The Balaban J connectivity index is 2.72. The topological polar surface area (TPSA) is 20.2 Å². The van der Waals surface area contributed by atoms with Gasteiger partial charge in [-0.05, 0) is 37.5 Å². The maximum atomic E-state index is 9.63. The number of aliphatic hydroxyl groups excluding tert-OH is 1. The van der Waals surface area contributed by atoms with Crippen LogP contribution in [0.4, 0.5) is 0 Å². The number of aryl methyl sites for hydroxylation is 2. The number of rotatable bonds is 3. The summed E-state index contributed by atoms with van der Waals surface area (Å²) in [5.74, 6) is 5.97. The fourth-order valence-electron chi connectivity index (χ4n) is 1.50. The molecule has 0 saturated carbocycles. The number of hydrogen-bond donors (Lipinski definition) is 1. The zero-order valence-electron chi connectivity index (χ0n) is 10.4. The van der Waals surface area contributed by atoms with Gasteiger partial charge in [0.15, 0.2) is 0 Å². The van der Waals surface area contributed by atoms with E-state index in [2.05, 4.69) is 43.9 Å². The van der Waals surface area contributed by atoms with E-state index in [1.165, 1.54) is 11.1 Å². The molecule has 16 heavy (non-hydrogen) atoms. The molecule has 0 fully saturated rings. The van der Waals surface area contributed by atoms with Crippen LogP contribution in [0.5, 0.6) is 0 Å². The molecule has 0 saturated heterocycles. The standard InChI is InChI=1S/C15H20O/c1-4-5-6-15(16)10-9-14-11-12(2)7-8-13(14)3/h7-8,11,15-16H,4-6H2,1-3H3. The number of benzene rings is 1. The van der Waals surface area contributed by atoms with Crippen LogP contribution in [0.25, 0.3) is 0 Å². The van der Waals surface area contributed by atoms with Gasteiger partial charge in [-0.25, -0.2) is 0 Å². The molecule has 1 N–H and O–H groups in total. The first-order valence-electron chi connectivity index (χ1n) is 5.90. The number of aliphatic hydroxyl groups is 1. The van der Waals surface area contributed by atoms with Gasteiger partial charge in [-0.2, -0.15) is 0 Å². The first kappa shape index (κ1) is 12.8. The van der Waals surface area contributed by atoms with Crippen molar-refractivity contribution in [2.75, 3.05) is 0 Å². The lowest BCUT2D eigenvalue weighted by atomic mass is 10.1. The normalized spacial score (nSPS) is 11.8. The Morgan fingerprint density at radius 3 is 2.75 bits per heavy atom. The van der Waals surface area contributed by atoms with Crippen molar-refractivity contribution in [3.63, 3.8) is 0 Å². The van der Waals surface area contributed by atoms with Gasteiger partial charge in [0, 0.05) is 5.56 Å². The molecule has 86 valence electrons. The first-order chi connectivity index (χ1) is 7.63. The number of hydrogen-bond acceptors (Lipinski definition) is 1. The second-order valence-corrected chi connectivity index (χ2v) is 4.25. The Hall–Kier alpha value is -1.26. The second-order valence-electron chi connectivity index (χ2n) is 4.25. The average Bonchev–Trinajstić information content (AvgIpc) is 2.27. The highest BCUT2D eigenvalue weighted by Crippen LogP contribution is 2.09. The maximum absolute atomic E-state index is 9.63. The lowest BCUT2D eigenvalue weighted by Crippen LogP contribution is -2.02. The van der Waals surface area contributed by atoms with E-state index in [9.17, 15) is 5.11 Å². The summed E-state index contributed by atoms with van der Waals surface area (Å²) in [6.45, 7) is 6.21. The van der Waals surface area contributed by atoms with E-state index in [0.29, 0.717) is 0 Å². The average molecular weight is 216 g/mol. The van der Waals surface area contributed by atoms with Crippen molar-refractivity contribution in [2.45, 2.75) is 46.1 Å². The monoisotopic (exact) mass is 216 g/mol. The molecule has 0 aromatic heterocycles. The third-order valence-corrected chi connectivity index (χ3v) is 2.60. The van der Waals surface area contributed by atoms with Crippen molar-refractivity contribution >= 4 is 0 Å². The molecule has 1 heteroatoms. The van der Waals surface area contributed by atoms with E-state index in [1.54, 1.807) is 0 Å². The summed E-state index contributed by atoms with van der Waals surface area (Å²) in [6, 6.07) is 6.21. The van der Waals surface area contributed by atoms with Crippen molar-refractivity contribution in [2.24, 2.45) is 0 Å². The third-order valence-electron chi connectivity index (χ3n) is 2.60. The van der Waals surface area contributed by atoms with Crippen LogP contribution < -0.4 is 0 Å². The van der Waals surface area contributed by atoms with E-state index < -0.39 is 6.10 Å². The molecule has 0 heterocycles. The molecule has 1 nitrogen and oxygen atoms in total. The van der Waals surface area contributed by atoms with Crippen molar-refractivity contribution < 1.29 is 5.11 Å². The van der Waals surface area contributed by atoms with Crippen molar-refractivity contribution in [3.05, 3.63) is 34.9 Å². The van der Waals surface area contributed by atoms with Gasteiger partial charge in [-0.15, -0.1) is 0 Å². The van der Waals surface area contributed by atoms with Gasteiger partial charge in [0.2, 0.25) is 0 Å². The fourth-order valence-corrected chi connectivity index (χ4v) is 1.50. The molecule has 1 atom stereocenters. The van der Waals surface area contributed by atoms with E-state index in [4.69, 9.17) is 0 Å². The van der Waals surface area contributed by atoms with Crippen LogP contribution in [0.3, 0.4) is 0 Å².